The minimum absolute atomic E-state index is 0.336. The van der Waals surface area contributed by atoms with Crippen molar-refractivity contribution in [3.8, 4) is 0 Å². The van der Waals surface area contributed by atoms with Gasteiger partial charge in [0.15, 0.2) is 0 Å². The fourth-order valence-electron chi connectivity index (χ4n) is 1.42. The van der Waals surface area contributed by atoms with Crippen molar-refractivity contribution in [3.63, 3.8) is 0 Å². The first kappa shape index (κ1) is 13.3. The van der Waals surface area contributed by atoms with Gasteiger partial charge in [-0.05, 0) is 31.2 Å². The summed E-state index contributed by atoms with van der Waals surface area (Å²) in [7, 11) is 0. The number of carbonyl (C=O) groups is 2. The van der Waals surface area contributed by atoms with Gasteiger partial charge in [-0.1, -0.05) is 11.6 Å². The first-order valence-corrected chi connectivity index (χ1v) is 5.86. The van der Waals surface area contributed by atoms with E-state index in [9.17, 15) is 9.59 Å². The molecule has 1 aliphatic heterocycles. The monoisotopic (exact) mass is 281 g/mol. The van der Waals surface area contributed by atoms with Gasteiger partial charge in [-0.15, -0.1) is 0 Å². The second-order valence-electron chi connectivity index (χ2n) is 3.88. The number of rotatable bonds is 3. The van der Waals surface area contributed by atoms with Crippen LogP contribution in [0.5, 0.6) is 0 Å². The van der Waals surface area contributed by atoms with Gasteiger partial charge in [0.1, 0.15) is 6.17 Å². The van der Waals surface area contributed by atoms with E-state index in [0.29, 0.717) is 16.3 Å². The highest BCUT2D eigenvalue weighted by molar-refractivity contribution is 6.30. The molecular weight excluding hydrogens is 270 g/mol. The normalized spacial score (nSPS) is 18.1. The van der Waals surface area contributed by atoms with E-state index in [0.717, 1.165) is 0 Å². The van der Waals surface area contributed by atoms with Crippen molar-refractivity contribution < 1.29 is 9.59 Å². The number of amides is 3. The van der Waals surface area contributed by atoms with Crippen molar-refractivity contribution in [2.24, 2.45) is 5.10 Å². The van der Waals surface area contributed by atoms with E-state index in [1.807, 2.05) is 0 Å². The van der Waals surface area contributed by atoms with Gasteiger partial charge >= 0.3 is 6.03 Å². The van der Waals surface area contributed by atoms with Gasteiger partial charge in [-0.3, -0.25) is 10.2 Å². The highest BCUT2D eigenvalue weighted by Gasteiger charge is 2.20. The van der Waals surface area contributed by atoms with E-state index in [1.165, 1.54) is 0 Å². The number of urea groups is 1. The zero-order chi connectivity index (χ0) is 13.8. The second-order valence-corrected chi connectivity index (χ2v) is 4.31. The molecule has 1 atom stereocenters. The number of carbonyl (C=O) groups excluding carboxylic acids is 2. The van der Waals surface area contributed by atoms with E-state index < -0.39 is 12.2 Å². The molecule has 0 saturated heterocycles. The maximum Gasteiger partial charge on any atom is 0.336 e. The lowest BCUT2D eigenvalue weighted by Gasteiger charge is -2.23. The Hall–Kier alpha value is -2.12. The Balaban J connectivity index is 1.93. The van der Waals surface area contributed by atoms with Crippen LogP contribution >= 0.6 is 11.6 Å². The molecule has 0 aliphatic carbocycles. The Kier molecular flexibility index (Phi) is 3.98. The van der Waals surface area contributed by atoms with Gasteiger partial charge in [0.05, 0.1) is 5.71 Å². The van der Waals surface area contributed by atoms with Crippen molar-refractivity contribution in [1.29, 1.82) is 0 Å². The summed E-state index contributed by atoms with van der Waals surface area (Å²) in [4.78, 5) is 22.9. The topological polar surface area (TPSA) is 94.6 Å². The molecule has 0 saturated carbocycles. The Morgan fingerprint density at radius 1 is 1.37 bits per heavy atom. The molecule has 4 N–H and O–H groups in total. The van der Waals surface area contributed by atoms with Crippen LogP contribution in [-0.4, -0.2) is 23.8 Å². The molecule has 100 valence electrons. The van der Waals surface area contributed by atoms with E-state index >= 15 is 0 Å². The lowest BCUT2D eigenvalue weighted by Crippen LogP contribution is -2.60. The molecule has 19 heavy (non-hydrogen) atoms. The number of nitrogens with one attached hydrogen (secondary N) is 4. The summed E-state index contributed by atoms with van der Waals surface area (Å²) in [5.41, 5.74) is 8.47. The predicted octanol–water partition coefficient (Wildman–Crippen LogP) is 0.589. The van der Waals surface area contributed by atoms with Gasteiger partial charge < -0.3 is 5.32 Å². The Bertz CT molecular complexity index is 528. The summed E-state index contributed by atoms with van der Waals surface area (Å²) in [6, 6.07) is 6.00. The van der Waals surface area contributed by atoms with Crippen LogP contribution in [0, 0.1) is 0 Å². The van der Waals surface area contributed by atoms with Gasteiger partial charge in [0, 0.05) is 10.6 Å². The van der Waals surface area contributed by atoms with Crippen LogP contribution in [0.4, 0.5) is 4.79 Å². The van der Waals surface area contributed by atoms with E-state index in [2.05, 4.69) is 26.7 Å². The lowest BCUT2D eigenvalue weighted by atomic mass is 10.2. The minimum Gasteiger partial charge on any atom is -0.314 e. The van der Waals surface area contributed by atoms with Gasteiger partial charge in [0.25, 0.3) is 5.91 Å². The first-order chi connectivity index (χ1) is 9.06. The Labute approximate surface area is 114 Å². The molecule has 8 heteroatoms. The molecule has 0 unspecified atom stereocenters. The van der Waals surface area contributed by atoms with Crippen LogP contribution in [0.25, 0.3) is 0 Å². The molecule has 1 aromatic carbocycles. The van der Waals surface area contributed by atoms with Crippen molar-refractivity contribution in [2.45, 2.75) is 13.1 Å². The minimum atomic E-state index is -0.551. The van der Waals surface area contributed by atoms with Crippen LogP contribution < -0.4 is 21.6 Å². The zero-order valence-corrected chi connectivity index (χ0v) is 10.8. The maximum atomic E-state index is 11.8. The Morgan fingerprint density at radius 3 is 2.74 bits per heavy atom. The molecule has 2 rings (SSSR count). The molecule has 1 heterocycles. The van der Waals surface area contributed by atoms with Crippen LogP contribution in [0.3, 0.4) is 0 Å². The number of hydrazone groups is 1. The van der Waals surface area contributed by atoms with Gasteiger partial charge in [-0.2, -0.15) is 5.10 Å². The molecular formula is C11H12ClN5O2. The van der Waals surface area contributed by atoms with Crippen LogP contribution in [0.2, 0.25) is 5.02 Å². The summed E-state index contributed by atoms with van der Waals surface area (Å²) in [5, 5.41) is 6.89. The average Bonchev–Trinajstić information content (AvgIpc) is 2.40. The molecule has 0 fully saturated rings. The standard InChI is InChI=1S/C11H12ClN5O2/c1-6-9(13-11(19)17-14-6)15-16-10(18)7-2-4-8(12)5-3-7/h2-5,9,15H,1H3,(H,16,18)(H2,13,17,19)/t9-/m1/s1. The van der Waals surface area contributed by atoms with Crippen molar-refractivity contribution >= 4 is 29.3 Å². The summed E-state index contributed by atoms with van der Waals surface area (Å²) >= 11 is 5.73. The summed E-state index contributed by atoms with van der Waals surface area (Å²) in [6.07, 6.45) is -0.551. The highest BCUT2D eigenvalue weighted by Crippen LogP contribution is 2.09. The summed E-state index contributed by atoms with van der Waals surface area (Å²) in [5.74, 6) is -0.336. The van der Waals surface area contributed by atoms with Gasteiger partial charge in [0.2, 0.25) is 0 Å². The Morgan fingerprint density at radius 2 is 2.05 bits per heavy atom. The van der Waals surface area contributed by atoms with Crippen molar-refractivity contribution in [3.05, 3.63) is 34.9 Å². The highest BCUT2D eigenvalue weighted by atomic mass is 35.5. The quantitative estimate of drug-likeness (QED) is 0.611. The molecule has 1 aromatic rings. The van der Waals surface area contributed by atoms with E-state index in [4.69, 9.17) is 11.6 Å². The molecule has 0 bridgehead atoms. The SMILES string of the molecule is CC1=NNC(=O)N[C@@H]1NNC(=O)c1ccc(Cl)cc1. The molecule has 0 aromatic heterocycles. The molecule has 7 nitrogen and oxygen atoms in total. The average molecular weight is 282 g/mol. The molecule has 0 spiro atoms. The maximum absolute atomic E-state index is 11.8. The number of benzene rings is 1. The number of nitrogens with zero attached hydrogens (tertiary/aromatic N) is 1. The lowest BCUT2D eigenvalue weighted by molar-refractivity contribution is 0.0927. The predicted molar refractivity (Wildman–Crippen MR) is 70.6 cm³/mol. The van der Waals surface area contributed by atoms with Crippen molar-refractivity contribution in [2.75, 3.05) is 0 Å². The van der Waals surface area contributed by atoms with E-state index in [-0.39, 0.29) is 5.91 Å². The summed E-state index contributed by atoms with van der Waals surface area (Å²) in [6.45, 7) is 1.71. The molecule has 3 amide bonds. The third-order valence-corrected chi connectivity index (χ3v) is 2.72. The zero-order valence-electron chi connectivity index (χ0n) is 10.0. The van der Waals surface area contributed by atoms with E-state index in [1.54, 1.807) is 31.2 Å². The third-order valence-electron chi connectivity index (χ3n) is 2.46. The third kappa shape index (κ3) is 3.43. The fraction of sp³-hybridized carbons (Fsp3) is 0.182. The molecule has 0 radical (unpaired) electrons. The largest absolute Gasteiger partial charge is 0.336 e. The van der Waals surface area contributed by atoms with Crippen LogP contribution in [0.15, 0.2) is 29.4 Å². The van der Waals surface area contributed by atoms with Crippen LogP contribution in [0.1, 0.15) is 17.3 Å². The summed E-state index contributed by atoms with van der Waals surface area (Å²) < 4.78 is 0. The second kappa shape index (κ2) is 5.68. The van der Waals surface area contributed by atoms with Crippen molar-refractivity contribution in [1.82, 2.24) is 21.6 Å². The first-order valence-electron chi connectivity index (χ1n) is 5.48. The fourth-order valence-corrected chi connectivity index (χ4v) is 1.55. The number of hydrogen-bond acceptors (Lipinski definition) is 4. The number of hydrogen-bond donors (Lipinski definition) is 4. The molecule has 1 aliphatic rings. The number of hydrazine groups is 1. The number of halogens is 1. The van der Waals surface area contributed by atoms with Gasteiger partial charge in [-0.25, -0.2) is 15.6 Å². The smallest absolute Gasteiger partial charge is 0.314 e. The van der Waals surface area contributed by atoms with Crippen LogP contribution in [-0.2, 0) is 0 Å².